The van der Waals surface area contributed by atoms with E-state index in [-0.39, 0.29) is 11.8 Å². The fraction of sp³-hybridized carbons (Fsp3) is 0.333. The Hall–Kier alpha value is -0.620. The van der Waals surface area contributed by atoms with E-state index >= 15 is 0 Å². The Morgan fingerprint density at radius 1 is 0.867 bits per heavy atom. The summed E-state index contributed by atoms with van der Waals surface area (Å²) in [5.41, 5.74) is -1.64. The van der Waals surface area contributed by atoms with Crippen molar-refractivity contribution in [3.05, 3.63) is 34.4 Å². The second-order valence-electron chi connectivity index (χ2n) is 2.81. The van der Waals surface area contributed by atoms with Gasteiger partial charge in [0.25, 0.3) is 0 Å². The first-order valence-corrected chi connectivity index (χ1v) is 5.17. The van der Waals surface area contributed by atoms with Gasteiger partial charge in [-0.15, -0.1) is 0 Å². The van der Waals surface area contributed by atoms with Crippen molar-refractivity contribution < 1.29 is 22.7 Å². The van der Waals surface area contributed by atoms with Gasteiger partial charge in [-0.1, -0.05) is 15.9 Å². The molecular weight excluding hydrogens is 280 g/mol. The van der Waals surface area contributed by atoms with Crippen LogP contribution in [0.25, 0.3) is 0 Å². The summed E-state index contributed by atoms with van der Waals surface area (Å²) in [6, 6.07) is 0. The van der Waals surface area contributed by atoms with Crippen LogP contribution in [-0.2, 0) is 13.0 Å². The van der Waals surface area contributed by atoms with Gasteiger partial charge in [0, 0.05) is 10.9 Å². The standard InChI is InChI=1S/C9H7BrF4O/c10-2-1-4-6(11)8(13)5(3-15)9(14)7(4)12/h15H,1-3H2. The Balaban J connectivity index is 3.44. The first-order valence-electron chi connectivity index (χ1n) is 4.05. The molecule has 0 bridgehead atoms. The molecular formula is C9H7BrF4O. The first-order chi connectivity index (χ1) is 7.04. The predicted molar refractivity (Wildman–Crippen MR) is 49.7 cm³/mol. The zero-order chi connectivity index (χ0) is 11.6. The van der Waals surface area contributed by atoms with Crippen molar-refractivity contribution >= 4 is 15.9 Å². The summed E-state index contributed by atoms with van der Waals surface area (Å²) < 4.78 is 52.5. The number of aliphatic hydroxyl groups is 1. The molecule has 1 rings (SSSR count). The van der Waals surface area contributed by atoms with Gasteiger partial charge in [-0.3, -0.25) is 0 Å². The molecule has 1 nitrogen and oxygen atoms in total. The highest BCUT2D eigenvalue weighted by Crippen LogP contribution is 2.24. The number of benzene rings is 1. The van der Waals surface area contributed by atoms with Crippen molar-refractivity contribution in [2.24, 2.45) is 0 Å². The molecule has 0 radical (unpaired) electrons. The van der Waals surface area contributed by atoms with E-state index < -0.39 is 41.0 Å². The number of alkyl halides is 1. The zero-order valence-corrected chi connectivity index (χ0v) is 9.04. The normalized spacial score (nSPS) is 10.8. The van der Waals surface area contributed by atoms with Crippen LogP contribution in [-0.4, -0.2) is 10.4 Å². The molecule has 1 aromatic rings. The van der Waals surface area contributed by atoms with Crippen LogP contribution >= 0.6 is 15.9 Å². The number of hydrogen-bond donors (Lipinski definition) is 1. The van der Waals surface area contributed by atoms with Crippen molar-refractivity contribution in [3.63, 3.8) is 0 Å². The molecule has 6 heteroatoms. The third-order valence-corrected chi connectivity index (χ3v) is 2.34. The van der Waals surface area contributed by atoms with Gasteiger partial charge >= 0.3 is 0 Å². The maximum absolute atomic E-state index is 13.2. The van der Waals surface area contributed by atoms with Crippen LogP contribution in [0.15, 0.2) is 0 Å². The minimum Gasteiger partial charge on any atom is -0.391 e. The molecule has 0 aliphatic carbocycles. The highest BCUT2D eigenvalue weighted by molar-refractivity contribution is 9.09. The number of halogens is 5. The van der Waals surface area contributed by atoms with Gasteiger partial charge in [0.1, 0.15) is 0 Å². The largest absolute Gasteiger partial charge is 0.391 e. The molecule has 0 saturated heterocycles. The molecule has 0 unspecified atom stereocenters. The average Bonchev–Trinajstić information content (AvgIpc) is 2.23. The van der Waals surface area contributed by atoms with Crippen LogP contribution in [0.5, 0.6) is 0 Å². The van der Waals surface area contributed by atoms with Crippen LogP contribution < -0.4 is 0 Å². The van der Waals surface area contributed by atoms with Gasteiger partial charge in [-0.25, -0.2) is 17.6 Å². The third-order valence-electron chi connectivity index (χ3n) is 1.95. The lowest BCUT2D eigenvalue weighted by Gasteiger charge is -2.09. The van der Waals surface area contributed by atoms with Crippen LogP contribution in [0.2, 0.25) is 0 Å². The molecule has 0 amide bonds. The fourth-order valence-corrected chi connectivity index (χ4v) is 1.57. The molecule has 0 spiro atoms. The monoisotopic (exact) mass is 286 g/mol. The second-order valence-corrected chi connectivity index (χ2v) is 3.60. The van der Waals surface area contributed by atoms with E-state index in [1.165, 1.54) is 0 Å². The van der Waals surface area contributed by atoms with Gasteiger partial charge in [0.15, 0.2) is 23.3 Å². The van der Waals surface area contributed by atoms with Crippen molar-refractivity contribution in [2.75, 3.05) is 5.33 Å². The SMILES string of the molecule is OCc1c(F)c(F)c(CCBr)c(F)c1F. The molecule has 0 atom stereocenters. The fourth-order valence-electron chi connectivity index (χ4n) is 1.18. The summed E-state index contributed by atoms with van der Waals surface area (Å²) in [6.45, 7) is -1.08. The Kier molecular flexibility index (Phi) is 4.10. The first kappa shape index (κ1) is 12.4. The number of aliphatic hydroxyl groups excluding tert-OH is 1. The topological polar surface area (TPSA) is 20.2 Å². The van der Waals surface area contributed by atoms with Crippen molar-refractivity contribution in [1.29, 1.82) is 0 Å². The summed E-state index contributed by atoms with van der Waals surface area (Å²) in [7, 11) is 0. The molecule has 0 aliphatic rings. The zero-order valence-electron chi connectivity index (χ0n) is 7.46. The Morgan fingerprint density at radius 3 is 1.60 bits per heavy atom. The summed E-state index contributed by atoms with van der Waals surface area (Å²) >= 11 is 2.91. The Bertz CT molecular complexity index is 352. The second kappa shape index (κ2) is 4.94. The number of rotatable bonds is 3. The highest BCUT2D eigenvalue weighted by atomic mass is 79.9. The van der Waals surface area contributed by atoms with Crippen molar-refractivity contribution in [2.45, 2.75) is 13.0 Å². The van der Waals surface area contributed by atoms with Gasteiger partial charge in [0.05, 0.1) is 12.2 Å². The van der Waals surface area contributed by atoms with E-state index in [4.69, 9.17) is 5.11 Å². The minimum absolute atomic E-state index is 0.169. The predicted octanol–water partition coefficient (Wildman–Crippen LogP) is 2.67. The summed E-state index contributed by atoms with van der Waals surface area (Å²) in [6.07, 6.45) is -0.169. The maximum Gasteiger partial charge on any atom is 0.167 e. The van der Waals surface area contributed by atoms with E-state index in [0.717, 1.165) is 0 Å². The van der Waals surface area contributed by atoms with Crippen LogP contribution in [0.4, 0.5) is 17.6 Å². The van der Waals surface area contributed by atoms with Crippen LogP contribution in [0.1, 0.15) is 11.1 Å². The van der Waals surface area contributed by atoms with Crippen LogP contribution in [0.3, 0.4) is 0 Å². The van der Waals surface area contributed by atoms with Crippen molar-refractivity contribution in [3.8, 4) is 0 Å². The Morgan fingerprint density at radius 2 is 1.27 bits per heavy atom. The van der Waals surface area contributed by atoms with Gasteiger partial charge < -0.3 is 5.11 Å². The summed E-state index contributed by atoms with van der Waals surface area (Å²) in [4.78, 5) is 0. The smallest absolute Gasteiger partial charge is 0.167 e. The quantitative estimate of drug-likeness (QED) is 0.515. The van der Waals surface area contributed by atoms with E-state index in [0.29, 0.717) is 0 Å². The lowest BCUT2D eigenvalue weighted by molar-refractivity contribution is 0.262. The molecule has 0 saturated carbocycles. The van der Waals surface area contributed by atoms with E-state index in [1.54, 1.807) is 0 Å². The molecule has 1 N–H and O–H groups in total. The Labute approximate surface area is 91.9 Å². The molecule has 0 heterocycles. The lowest BCUT2D eigenvalue weighted by atomic mass is 10.1. The van der Waals surface area contributed by atoms with Crippen LogP contribution in [0, 0.1) is 23.3 Å². The molecule has 15 heavy (non-hydrogen) atoms. The maximum atomic E-state index is 13.2. The summed E-state index contributed by atoms with van der Waals surface area (Å²) in [5.74, 6) is -5.96. The average molecular weight is 287 g/mol. The third kappa shape index (κ3) is 2.15. The minimum atomic E-state index is -1.53. The molecule has 84 valence electrons. The van der Waals surface area contributed by atoms with Gasteiger partial charge in [0.2, 0.25) is 0 Å². The van der Waals surface area contributed by atoms with Gasteiger partial charge in [-0.05, 0) is 6.42 Å². The highest BCUT2D eigenvalue weighted by Gasteiger charge is 2.23. The molecule has 0 aliphatic heterocycles. The van der Waals surface area contributed by atoms with Crippen molar-refractivity contribution in [1.82, 2.24) is 0 Å². The van der Waals surface area contributed by atoms with E-state index in [1.807, 2.05) is 0 Å². The summed E-state index contributed by atoms with van der Waals surface area (Å²) in [5, 5.41) is 8.73. The molecule has 0 aromatic heterocycles. The number of hydrogen-bond acceptors (Lipinski definition) is 1. The van der Waals surface area contributed by atoms with Gasteiger partial charge in [-0.2, -0.15) is 0 Å². The lowest BCUT2D eigenvalue weighted by Crippen LogP contribution is -2.09. The van der Waals surface area contributed by atoms with E-state index in [2.05, 4.69) is 15.9 Å². The molecule has 1 aromatic carbocycles. The van der Waals surface area contributed by atoms with E-state index in [9.17, 15) is 17.6 Å². The molecule has 0 fully saturated rings.